The van der Waals surface area contributed by atoms with Crippen LogP contribution in [0.4, 0.5) is 10.6 Å². The zero-order valence-electron chi connectivity index (χ0n) is 19.9. The van der Waals surface area contributed by atoms with Crippen molar-refractivity contribution in [3.63, 3.8) is 0 Å². The summed E-state index contributed by atoms with van der Waals surface area (Å²) < 4.78 is 1.52. The van der Waals surface area contributed by atoms with Crippen LogP contribution in [-0.4, -0.2) is 58.3 Å². The monoisotopic (exact) mass is 485 g/mol. The number of rotatable bonds is 5. The fourth-order valence-corrected chi connectivity index (χ4v) is 5.99. The Hall–Kier alpha value is -4.28. The number of imidazole rings is 1. The van der Waals surface area contributed by atoms with Gasteiger partial charge >= 0.3 is 6.03 Å². The number of Topliss-reactive ketones (excluding diaryl/α,β-unsaturated/α-hetero) is 1. The molecule has 2 aliphatic heterocycles. The van der Waals surface area contributed by atoms with Crippen molar-refractivity contribution < 1.29 is 9.59 Å². The average Bonchev–Trinajstić information content (AvgIpc) is 3.58. The smallest absolute Gasteiger partial charge is 0.315 e. The quantitative estimate of drug-likeness (QED) is 0.366. The molecule has 2 aliphatic rings. The number of hydrogen-bond donors (Lipinski definition) is 3. The fourth-order valence-electron chi connectivity index (χ4n) is 5.99. The maximum absolute atomic E-state index is 12.6. The number of nitrogens with two attached hydrogens (primary N) is 2. The van der Waals surface area contributed by atoms with Crippen molar-refractivity contribution in [3.8, 4) is 22.6 Å². The first kappa shape index (κ1) is 22.2. The van der Waals surface area contributed by atoms with Crippen LogP contribution in [0.15, 0.2) is 36.9 Å². The summed E-state index contributed by atoms with van der Waals surface area (Å²) in [5.41, 5.74) is 16.1. The summed E-state index contributed by atoms with van der Waals surface area (Å²) in [6.45, 7) is 1.50. The molecule has 0 saturated carbocycles. The number of carbonyl (C=O) groups is 2. The molecule has 36 heavy (non-hydrogen) atoms. The van der Waals surface area contributed by atoms with Crippen molar-refractivity contribution in [1.29, 1.82) is 0 Å². The van der Waals surface area contributed by atoms with Gasteiger partial charge in [-0.1, -0.05) is 6.07 Å². The first-order valence-electron chi connectivity index (χ1n) is 12.1. The van der Waals surface area contributed by atoms with Crippen LogP contribution in [0.5, 0.6) is 0 Å². The molecule has 6 rings (SSSR count). The molecule has 2 bridgehead atoms. The number of aromatic nitrogens is 6. The molecule has 2 atom stereocenters. The summed E-state index contributed by atoms with van der Waals surface area (Å²) in [4.78, 5) is 43.1. The van der Waals surface area contributed by atoms with E-state index in [1.807, 2.05) is 17.0 Å². The molecule has 0 radical (unpaired) electrons. The van der Waals surface area contributed by atoms with Crippen LogP contribution in [0.25, 0.3) is 28.3 Å². The molecule has 4 aromatic heterocycles. The van der Waals surface area contributed by atoms with Gasteiger partial charge in [0.05, 0.1) is 17.5 Å². The molecule has 6 heterocycles. The third-order valence-electron chi connectivity index (χ3n) is 7.49. The Morgan fingerprint density at radius 1 is 1.14 bits per heavy atom. The van der Waals surface area contributed by atoms with Crippen LogP contribution in [0.3, 0.4) is 0 Å². The number of primary amides is 1. The molecule has 0 aliphatic carbocycles. The van der Waals surface area contributed by atoms with Gasteiger partial charge in [-0.05, 0) is 51.0 Å². The van der Waals surface area contributed by atoms with Crippen LogP contribution in [0.2, 0.25) is 0 Å². The number of aromatic amines is 1. The lowest BCUT2D eigenvalue weighted by molar-refractivity contribution is 0.101. The Bertz CT molecular complexity index is 1450. The average molecular weight is 486 g/mol. The molecule has 2 amide bonds. The van der Waals surface area contributed by atoms with E-state index in [1.54, 1.807) is 24.8 Å². The van der Waals surface area contributed by atoms with Gasteiger partial charge in [0.1, 0.15) is 11.5 Å². The predicted molar refractivity (Wildman–Crippen MR) is 133 cm³/mol. The highest BCUT2D eigenvalue weighted by Gasteiger charge is 2.42. The number of carbonyl (C=O) groups excluding carboxylic acids is 2. The zero-order chi connectivity index (χ0) is 25.0. The highest BCUT2D eigenvalue weighted by Crippen LogP contribution is 2.40. The summed E-state index contributed by atoms with van der Waals surface area (Å²) in [5.74, 6) is 1.11. The number of fused-ring (bicyclic) bond motifs is 3. The Kier molecular flexibility index (Phi) is 5.20. The highest BCUT2D eigenvalue weighted by molar-refractivity contribution is 6.00. The second kappa shape index (κ2) is 8.43. The van der Waals surface area contributed by atoms with Crippen molar-refractivity contribution >= 4 is 23.3 Å². The third-order valence-corrected chi connectivity index (χ3v) is 7.49. The number of anilines is 1. The van der Waals surface area contributed by atoms with Gasteiger partial charge < -0.3 is 21.4 Å². The van der Waals surface area contributed by atoms with E-state index in [9.17, 15) is 9.59 Å². The second-order valence-corrected chi connectivity index (χ2v) is 9.71. The van der Waals surface area contributed by atoms with E-state index in [-0.39, 0.29) is 35.6 Å². The van der Waals surface area contributed by atoms with E-state index in [2.05, 4.69) is 20.1 Å². The Morgan fingerprint density at radius 3 is 2.53 bits per heavy atom. The first-order valence-corrected chi connectivity index (χ1v) is 12.1. The number of hydrogen-bond acceptors (Lipinski definition) is 7. The molecule has 0 aromatic carbocycles. The lowest BCUT2D eigenvalue weighted by Crippen LogP contribution is -2.49. The lowest BCUT2D eigenvalue weighted by Gasteiger charge is -2.38. The third kappa shape index (κ3) is 3.58. The molecule has 0 spiro atoms. The predicted octanol–water partition coefficient (Wildman–Crippen LogP) is 2.83. The molecule has 2 saturated heterocycles. The van der Waals surface area contributed by atoms with Crippen LogP contribution in [0.1, 0.15) is 48.7 Å². The molecule has 11 heteroatoms. The first-order chi connectivity index (χ1) is 17.4. The number of piperidine rings is 1. The molecule has 184 valence electrons. The van der Waals surface area contributed by atoms with Crippen LogP contribution < -0.4 is 11.5 Å². The number of urea groups is 1. The van der Waals surface area contributed by atoms with E-state index in [0.29, 0.717) is 29.1 Å². The number of nitrogen functional groups attached to an aromatic ring is 1. The minimum atomic E-state index is -0.343. The van der Waals surface area contributed by atoms with E-state index in [0.717, 1.165) is 42.5 Å². The van der Waals surface area contributed by atoms with Crippen molar-refractivity contribution in [3.05, 3.63) is 48.2 Å². The van der Waals surface area contributed by atoms with E-state index in [4.69, 9.17) is 16.5 Å². The maximum atomic E-state index is 12.6. The molecule has 4 aromatic rings. The summed E-state index contributed by atoms with van der Waals surface area (Å²) in [6.07, 6.45) is 11.1. The Morgan fingerprint density at radius 2 is 1.92 bits per heavy atom. The number of ketones is 1. The fraction of sp³-hybridized carbons (Fsp3) is 0.360. The molecule has 5 N–H and O–H groups in total. The second-order valence-electron chi connectivity index (χ2n) is 9.71. The number of nitrogens with zero attached hydrogens (tertiary/aromatic N) is 6. The largest absolute Gasteiger partial charge is 0.383 e. The zero-order valence-corrected chi connectivity index (χ0v) is 19.9. The SMILES string of the molecule is CC(=O)c1c(CC2CC3CCC(C2)N3C(N)=O)nc2c(-c3ccc(-c4ncc[nH]4)nc3)cnn2c1N. The minimum absolute atomic E-state index is 0.143. The summed E-state index contributed by atoms with van der Waals surface area (Å²) >= 11 is 0. The molecule has 2 fully saturated rings. The highest BCUT2D eigenvalue weighted by atomic mass is 16.2. The number of H-pyrrole nitrogens is 1. The molecule has 2 unspecified atom stereocenters. The van der Waals surface area contributed by atoms with Gasteiger partial charge in [0.2, 0.25) is 0 Å². The number of amides is 2. The minimum Gasteiger partial charge on any atom is -0.383 e. The van der Waals surface area contributed by atoms with Crippen LogP contribution in [0, 0.1) is 5.92 Å². The summed E-state index contributed by atoms with van der Waals surface area (Å²) in [5, 5.41) is 4.43. The van der Waals surface area contributed by atoms with E-state index >= 15 is 0 Å². The van der Waals surface area contributed by atoms with E-state index < -0.39 is 0 Å². The van der Waals surface area contributed by atoms with Gasteiger partial charge in [0.15, 0.2) is 17.3 Å². The van der Waals surface area contributed by atoms with E-state index in [1.165, 1.54) is 11.4 Å². The Labute approximate surface area is 206 Å². The van der Waals surface area contributed by atoms with Crippen molar-refractivity contribution in [1.82, 2.24) is 34.4 Å². The maximum Gasteiger partial charge on any atom is 0.315 e. The van der Waals surface area contributed by atoms with Gasteiger partial charge in [-0.2, -0.15) is 9.61 Å². The lowest BCUT2D eigenvalue weighted by atomic mass is 9.86. The van der Waals surface area contributed by atoms with Crippen LogP contribution >= 0.6 is 0 Å². The normalized spacial score (nSPS) is 21.2. The molecular formula is C25H27N9O2. The van der Waals surface area contributed by atoms with Gasteiger partial charge in [-0.25, -0.2) is 14.8 Å². The van der Waals surface area contributed by atoms with Gasteiger partial charge in [0.25, 0.3) is 0 Å². The van der Waals surface area contributed by atoms with Crippen molar-refractivity contribution in [2.75, 3.05) is 5.73 Å². The van der Waals surface area contributed by atoms with Crippen molar-refractivity contribution in [2.45, 2.75) is 51.1 Å². The van der Waals surface area contributed by atoms with Crippen LogP contribution in [-0.2, 0) is 6.42 Å². The topological polar surface area (TPSA) is 161 Å². The summed E-state index contributed by atoms with van der Waals surface area (Å²) in [7, 11) is 0. The molecule has 11 nitrogen and oxygen atoms in total. The van der Waals surface area contributed by atoms with Gasteiger partial charge in [-0.15, -0.1) is 0 Å². The Balaban J connectivity index is 1.36. The van der Waals surface area contributed by atoms with Crippen molar-refractivity contribution in [2.24, 2.45) is 11.7 Å². The number of nitrogens with one attached hydrogen (secondary N) is 1. The molecular weight excluding hydrogens is 458 g/mol. The summed E-state index contributed by atoms with van der Waals surface area (Å²) in [6, 6.07) is 3.78. The number of pyridine rings is 1. The standard InChI is InChI=1S/C25H27N9O2/c1-13(35)21-20(10-14-8-16-3-4-17(9-14)33(16)25(27)36)32-24-18(12-31-34(24)22(21)26)15-2-5-19(30-11-15)23-28-6-7-29-23/h2,5-7,11-12,14,16-17H,3-4,8-10,26H2,1H3,(H2,27,36)(H,28,29). The van der Waals surface area contributed by atoms with Gasteiger partial charge in [0, 0.05) is 41.8 Å². The van der Waals surface area contributed by atoms with Gasteiger partial charge in [-0.3, -0.25) is 9.78 Å².